The van der Waals surface area contributed by atoms with Crippen LogP contribution < -0.4 is 9.62 Å². The molecule has 0 aliphatic carbocycles. The van der Waals surface area contributed by atoms with Gasteiger partial charge in [-0.2, -0.15) is 0 Å². The number of sulfonamides is 1. The van der Waals surface area contributed by atoms with Crippen molar-refractivity contribution in [3.8, 4) is 0 Å². The molecule has 1 N–H and O–H groups in total. The Bertz CT molecular complexity index is 1210. The van der Waals surface area contributed by atoms with Crippen molar-refractivity contribution >= 4 is 50.7 Å². The van der Waals surface area contributed by atoms with Gasteiger partial charge in [0, 0.05) is 22.6 Å². The molecule has 0 aliphatic rings. The van der Waals surface area contributed by atoms with Crippen LogP contribution in [0.2, 0.25) is 10.0 Å². The molecule has 2 rings (SSSR count). The van der Waals surface area contributed by atoms with Gasteiger partial charge in [0.1, 0.15) is 12.6 Å². The standard InChI is InChI=1S/C27H37Cl2N3O4S/c1-8-18(2)30-26(34)19(3)31(16-20-9-12-22(28)15-24(20)29)25(33)17-32(37(7,35)36)23-13-10-21(11-14-23)27(4,5)6/h9-15,18-19H,8,16-17H2,1-7H3,(H,30,34). The zero-order chi connectivity index (χ0) is 28.1. The molecule has 0 aliphatic heterocycles. The Morgan fingerprint density at radius 1 is 1.03 bits per heavy atom. The van der Waals surface area contributed by atoms with Crippen molar-refractivity contribution in [1.82, 2.24) is 10.2 Å². The van der Waals surface area contributed by atoms with Crippen LogP contribution in [0.5, 0.6) is 0 Å². The molecule has 204 valence electrons. The number of nitrogens with one attached hydrogen (secondary N) is 1. The number of hydrogen-bond acceptors (Lipinski definition) is 4. The highest BCUT2D eigenvalue weighted by Gasteiger charge is 2.31. The summed E-state index contributed by atoms with van der Waals surface area (Å²) in [5, 5.41) is 3.68. The normalized spacial score (nSPS) is 13.5. The maximum atomic E-state index is 13.7. The van der Waals surface area contributed by atoms with E-state index in [1.807, 2.05) is 26.0 Å². The Morgan fingerprint density at radius 3 is 2.11 bits per heavy atom. The Kier molecular flexibility index (Phi) is 10.5. The molecule has 10 heteroatoms. The molecule has 0 saturated carbocycles. The van der Waals surface area contributed by atoms with Crippen LogP contribution >= 0.6 is 23.2 Å². The first-order valence-corrected chi connectivity index (χ1v) is 14.8. The van der Waals surface area contributed by atoms with Gasteiger partial charge in [0.05, 0.1) is 11.9 Å². The van der Waals surface area contributed by atoms with E-state index in [0.29, 0.717) is 21.3 Å². The monoisotopic (exact) mass is 569 g/mol. The molecular formula is C27H37Cl2N3O4S. The van der Waals surface area contributed by atoms with Crippen molar-refractivity contribution in [2.24, 2.45) is 0 Å². The van der Waals surface area contributed by atoms with Gasteiger partial charge < -0.3 is 10.2 Å². The molecule has 0 saturated heterocycles. The van der Waals surface area contributed by atoms with Crippen LogP contribution in [-0.4, -0.2) is 50.0 Å². The summed E-state index contributed by atoms with van der Waals surface area (Å²) in [5.41, 5.74) is 1.87. The van der Waals surface area contributed by atoms with Crippen molar-refractivity contribution < 1.29 is 18.0 Å². The zero-order valence-electron chi connectivity index (χ0n) is 22.5. The van der Waals surface area contributed by atoms with Gasteiger partial charge in [-0.3, -0.25) is 13.9 Å². The molecule has 0 aromatic heterocycles. The smallest absolute Gasteiger partial charge is 0.244 e. The van der Waals surface area contributed by atoms with Gasteiger partial charge in [0.15, 0.2) is 0 Å². The summed E-state index contributed by atoms with van der Waals surface area (Å²) in [5.74, 6) is -0.878. The largest absolute Gasteiger partial charge is 0.352 e. The maximum Gasteiger partial charge on any atom is 0.244 e. The lowest BCUT2D eigenvalue weighted by Crippen LogP contribution is -2.52. The third-order valence-electron chi connectivity index (χ3n) is 6.22. The summed E-state index contributed by atoms with van der Waals surface area (Å²) in [6.07, 6.45) is 1.78. The molecule has 2 amide bonds. The highest BCUT2D eigenvalue weighted by Crippen LogP contribution is 2.27. The molecule has 0 bridgehead atoms. The second-order valence-electron chi connectivity index (χ2n) is 10.3. The molecule has 0 fully saturated rings. The van der Waals surface area contributed by atoms with E-state index in [4.69, 9.17) is 23.2 Å². The van der Waals surface area contributed by atoms with Crippen LogP contribution in [-0.2, 0) is 31.6 Å². The van der Waals surface area contributed by atoms with Crippen molar-refractivity contribution in [1.29, 1.82) is 0 Å². The van der Waals surface area contributed by atoms with Gasteiger partial charge in [-0.25, -0.2) is 8.42 Å². The van der Waals surface area contributed by atoms with Crippen molar-refractivity contribution in [3.05, 3.63) is 63.6 Å². The van der Waals surface area contributed by atoms with E-state index in [1.54, 1.807) is 37.3 Å². The van der Waals surface area contributed by atoms with Crippen molar-refractivity contribution in [3.63, 3.8) is 0 Å². The fraction of sp³-hybridized carbons (Fsp3) is 0.481. The number of carbonyl (C=O) groups excluding carboxylic acids is 2. The summed E-state index contributed by atoms with van der Waals surface area (Å²) in [4.78, 5) is 28.0. The fourth-order valence-corrected chi connectivity index (χ4v) is 4.94. The molecule has 0 spiro atoms. The predicted octanol–water partition coefficient (Wildman–Crippen LogP) is 5.39. The van der Waals surface area contributed by atoms with E-state index < -0.39 is 28.5 Å². The average molecular weight is 571 g/mol. The second-order valence-corrected chi connectivity index (χ2v) is 13.1. The fourth-order valence-electron chi connectivity index (χ4n) is 3.62. The average Bonchev–Trinajstić information content (AvgIpc) is 2.80. The molecule has 0 heterocycles. The molecule has 0 radical (unpaired) electrons. The van der Waals surface area contributed by atoms with Crippen LogP contribution in [0.3, 0.4) is 0 Å². The van der Waals surface area contributed by atoms with Crippen LogP contribution in [0.1, 0.15) is 59.1 Å². The summed E-state index contributed by atoms with van der Waals surface area (Å²) in [7, 11) is -3.81. The molecule has 2 aromatic carbocycles. The predicted molar refractivity (Wildman–Crippen MR) is 152 cm³/mol. The van der Waals surface area contributed by atoms with Crippen molar-refractivity contribution in [2.75, 3.05) is 17.1 Å². The summed E-state index contributed by atoms with van der Waals surface area (Å²) in [6, 6.07) is 11.0. The van der Waals surface area contributed by atoms with Crippen molar-refractivity contribution in [2.45, 2.75) is 72.0 Å². The quantitative estimate of drug-likeness (QED) is 0.415. The van der Waals surface area contributed by atoms with E-state index in [0.717, 1.165) is 22.5 Å². The molecular weight excluding hydrogens is 533 g/mol. The summed E-state index contributed by atoms with van der Waals surface area (Å²) in [6.45, 7) is 11.1. The minimum atomic E-state index is -3.81. The SMILES string of the molecule is CCC(C)NC(=O)C(C)N(Cc1ccc(Cl)cc1Cl)C(=O)CN(c1ccc(C(C)(C)C)cc1)S(C)(=O)=O. The van der Waals surface area contributed by atoms with E-state index in [1.165, 1.54) is 4.90 Å². The Hall–Kier alpha value is -2.29. The Morgan fingerprint density at radius 2 is 1.62 bits per heavy atom. The number of anilines is 1. The molecule has 37 heavy (non-hydrogen) atoms. The van der Waals surface area contributed by atoms with E-state index >= 15 is 0 Å². The molecule has 2 unspecified atom stereocenters. The number of nitrogens with zero attached hydrogens (tertiary/aromatic N) is 2. The first-order chi connectivity index (χ1) is 17.0. The van der Waals surface area contributed by atoms with Crippen LogP contribution in [0.4, 0.5) is 5.69 Å². The highest BCUT2D eigenvalue weighted by molar-refractivity contribution is 7.92. The van der Waals surface area contributed by atoms with Gasteiger partial charge in [0.2, 0.25) is 21.8 Å². The number of hydrogen-bond donors (Lipinski definition) is 1. The Balaban J connectivity index is 2.43. The summed E-state index contributed by atoms with van der Waals surface area (Å²) < 4.78 is 26.6. The van der Waals surface area contributed by atoms with Gasteiger partial charge in [-0.1, -0.05) is 69.1 Å². The molecule has 2 atom stereocenters. The molecule has 2 aromatic rings. The maximum absolute atomic E-state index is 13.7. The van der Waals surface area contributed by atoms with Gasteiger partial charge in [-0.15, -0.1) is 0 Å². The van der Waals surface area contributed by atoms with Gasteiger partial charge in [-0.05, 0) is 61.1 Å². The van der Waals surface area contributed by atoms with E-state index in [2.05, 4.69) is 26.1 Å². The minimum absolute atomic E-state index is 0.00446. The molecule has 7 nitrogen and oxygen atoms in total. The first kappa shape index (κ1) is 30.9. The van der Waals surface area contributed by atoms with E-state index in [9.17, 15) is 18.0 Å². The lowest BCUT2D eigenvalue weighted by Gasteiger charge is -2.32. The number of halogens is 2. The van der Waals surface area contributed by atoms with Crippen LogP contribution in [0.15, 0.2) is 42.5 Å². The van der Waals surface area contributed by atoms with Crippen LogP contribution in [0, 0.1) is 0 Å². The van der Waals surface area contributed by atoms with Gasteiger partial charge >= 0.3 is 0 Å². The lowest BCUT2D eigenvalue weighted by atomic mass is 9.87. The third kappa shape index (κ3) is 8.62. The zero-order valence-corrected chi connectivity index (χ0v) is 24.8. The van der Waals surface area contributed by atoms with Crippen LogP contribution in [0.25, 0.3) is 0 Å². The van der Waals surface area contributed by atoms with Gasteiger partial charge in [0.25, 0.3) is 0 Å². The van der Waals surface area contributed by atoms with E-state index in [-0.39, 0.29) is 23.9 Å². The second kappa shape index (κ2) is 12.5. The number of carbonyl (C=O) groups is 2. The highest BCUT2D eigenvalue weighted by atomic mass is 35.5. The summed E-state index contributed by atoms with van der Waals surface area (Å²) >= 11 is 12.4. The number of benzene rings is 2. The topological polar surface area (TPSA) is 86.8 Å². The number of amides is 2. The third-order valence-corrected chi connectivity index (χ3v) is 7.95. The number of rotatable bonds is 10. The minimum Gasteiger partial charge on any atom is -0.352 e. The lowest BCUT2D eigenvalue weighted by molar-refractivity contribution is -0.139. The first-order valence-electron chi connectivity index (χ1n) is 12.2. The Labute approximate surface area is 231 Å².